The summed E-state index contributed by atoms with van der Waals surface area (Å²) in [6.45, 7) is 2.82. The van der Waals surface area contributed by atoms with Crippen molar-refractivity contribution in [3.63, 3.8) is 0 Å². The minimum atomic E-state index is -0.160. The SMILES string of the molecule is CC(=O)CC1(c2ccc3ncoc3c2)COC1. The van der Waals surface area contributed by atoms with Crippen molar-refractivity contribution in [2.75, 3.05) is 13.2 Å². The van der Waals surface area contributed by atoms with Crippen LogP contribution in [0.3, 0.4) is 0 Å². The molecule has 1 aromatic heterocycles. The monoisotopic (exact) mass is 231 g/mol. The predicted octanol–water partition coefficient (Wildman–Crippen LogP) is 2.07. The first-order chi connectivity index (χ1) is 8.20. The molecule has 1 aromatic carbocycles. The molecule has 0 bridgehead atoms. The molecule has 0 amide bonds. The Morgan fingerprint density at radius 1 is 1.47 bits per heavy atom. The number of rotatable bonds is 3. The molecular weight excluding hydrogens is 218 g/mol. The Morgan fingerprint density at radius 2 is 2.29 bits per heavy atom. The van der Waals surface area contributed by atoms with Gasteiger partial charge in [0.1, 0.15) is 11.3 Å². The van der Waals surface area contributed by atoms with Crippen LogP contribution in [0, 0.1) is 0 Å². The van der Waals surface area contributed by atoms with Gasteiger partial charge in [-0.2, -0.15) is 0 Å². The van der Waals surface area contributed by atoms with Gasteiger partial charge in [-0.1, -0.05) is 6.07 Å². The standard InChI is InChI=1S/C13H13NO3/c1-9(15)5-13(6-16-7-13)10-2-3-11-12(4-10)17-8-14-11/h2-4,8H,5-7H2,1H3. The number of aromatic nitrogens is 1. The third-order valence-electron chi connectivity index (χ3n) is 3.29. The maximum Gasteiger partial charge on any atom is 0.181 e. The normalized spacial score (nSPS) is 17.9. The smallest absolute Gasteiger partial charge is 0.181 e. The summed E-state index contributed by atoms with van der Waals surface area (Å²) in [5.41, 5.74) is 2.54. The number of hydrogen-bond acceptors (Lipinski definition) is 4. The fourth-order valence-electron chi connectivity index (χ4n) is 2.38. The molecule has 2 aromatic rings. The molecule has 0 spiro atoms. The number of oxazole rings is 1. The van der Waals surface area contributed by atoms with Crippen molar-refractivity contribution in [1.29, 1.82) is 0 Å². The van der Waals surface area contributed by atoms with E-state index < -0.39 is 0 Å². The number of hydrogen-bond donors (Lipinski definition) is 0. The largest absolute Gasteiger partial charge is 0.443 e. The Labute approximate surface area is 98.6 Å². The topological polar surface area (TPSA) is 52.3 Å². The number of ketones is 1. The first-order valence-corrected chi connectivity index (χ1v) is 5.61. The van der Waals surface area contributed by atoms with Gasteiger partial charge in [0, 0.05) is 11.8 Å². The molecular formula is C13H13NO3. The average molecular weight is 231 g/mol. The van der Waals surface area contributed by atoms with E-state index in [-0.39, 0.29) is 11.2 Å². The molecule has 17 heavy (non-hydrogen) atoms. The van der Waals surface area contributed by atoms with Crippen LogP contribution in [-0.4, -0.2) is 24.0 Å². The van der Waals surface area contributed by atoms with Gasteiger partial charge in [0.25, 0.3) is 0 Å². The van der Waals surface area contributed by atoms with Crippen LogP contribution in [0.25, 0.3) is 11.1 Å². The number of fused-ring (bicyclic) bond motifs is 1. The zero-order valence-corrected chi connectivity index (χ0v) is 9.60. The Kier molecular flexibility index (Phi) is 2.26. The van der Waals surface area contributed by atoms with Gasteiger partial charge < -0.3 is 9.15 Å². The van der Waals surface area contributed by atoms with Gasteiger partial charge in [-0.25, -0.2) is 4.98 Å². The molecule has 1 fully saturated rings. The molecule has 2 heterocycles. The lowest BCUT2D eigenvalue weighted by atomic mass is 9.75. The van der Waals surface area contributed by atoms with E-state index in [4.69, 9.17) is 9.15 Å². The van der Waals surface area contributed by atoms with Gasteiger partial charge in [0.05, 0.1) is 13.2 Å². The minimum absolute atomic E-state index is 0.160. The number of carbonyl (C=O) groups excluding carboxylic acids is 1. The third-order valence-corrected chi connectivity index (χ3v) is 3.29. The molecule has 0 N–H and O–H groups in total. The number of nitrogens with zero attached hydrogens (tertiary/aromatic N) is 1. The van der Waals surface area contributed by atoms with E-state index in [2.05, 4.69) is 4.98 Å². The van der Waals surface area contributed by atoms with Crippen LogP contribution in [0.5, 0.6) is 0 Å². The molecule has 1 saturated heterocycles. The molecule has 4 heteroatoms. The van der Waals surface area contributed by atoms with E-state index in [1.165, 1.54) is 6.39 Å². The molecule has 0 aliphatic carbocycles. The molecule has 4 nitrogen and oxygen atoms in total. The van der Waals surface area contributed by atoms with E-state index in [9.17, 15) is 4.79 Å². The van der Waals surface area contributed by atoms with E-state index in [1.54, 1.807) is 6.92 Å². The van der Waals surface area contributed by atoms with Crippen LogP contribution in [0.4, 0.5) is 0 Å². The van der Waals surface area contributed by atoms with Crippen molar-refractivity contribution < 1.29 is 13.9 Å². The summed E-state index contributed by atoms with van der Waals surface area (Å²) in [5, 5.41) is 0. The number of Topliss-reactive ketones (excluding diaryl/α,β-unsaturated/α-hetero) is 1. The van der Waals surface area contributed by atoms with Crippen molar-refractivity contribution in [2.45, 2.75) is 18.8 Å². The molecule has 0 atom stereocenters. The molecule has 0 unspecified atom stereocenters. The second kappa shape index (κ2) is 3.67. The summed E-state index contributed by atoms with van der Waals surface area (Å²) in [6.07, 6.45) is 1.95. The molecule has 0 radical (unpaired) electrons. The van der Waals surface area contributed by atoms with E-state index in [0.29, 0.717) is 19.6 Å². The fraction of sp³-hybridized carbons (Fsp3) is 0.385. The van der Waals surface area contributed by atoms with Crippen molar-refractivity contribution >= 4 is 16.9 Å². The van der Waals surface area contributed by atoms with Crippen LogP contribution < -0.4 is 0 Å². The van der Waals surface area contributed by atoms with Crippen molar-refractivity contribution in [3.8, 4) is 0 Å². The molecule has 0 saturated carbocycles. The molecule has 1 aliphatic rings. The van der Waals surface area contributed by atoms with Crippen LogP contribution in [0.15, 0.2) is 29.0 Å². The summed E-state index contributed by atoms with van der Waals surface area (Å²) in [7, 11) is 0. The van der Waals surface area contributed by atoms with Crippen LogP contribution in [0.2, 0.25) is 0 Å². The van der Waals surface area contributed by atoms with Crippen LogP contribution >= 0.6 is 0 Å². The highest BCUT2D eigenvalue weighted by Gasteiger charge is 2.41. The summed E-state index contributed by atoms with van der Waals surface area (Å²) < 4.78 is 10.6. The van der Waals surface area contributed by atoms with Gasteiger partial charge in [0.2, 0.25) is 0 Å². The molecule has 3 rings (SSSR count). The quantitative estimate of drug-likeness (QED) is 0.811. The predicted molar refractivity (Wildman–Crippen MR) is 61.8 cm³/mol. The van der Waals surface area contributed by atoms with Gasteiger partial charge in [-0.15, -0.1) is 0 Å². The highest BCUT2D eigenvalue weighted by Crippen LogP contribution is 2.37. The second-order valence-electron chi connectivity index (χ2n) is 4.69. The number of ether oxygens (including phenoxy) is 1. The lowest BCUT2D eigenvalue weighted by Gasteiger charge is -2.41. The molecule has 88 valence electrons. The van der Waals surface area contributed by atoms with Crippen molar-refractivity contribution in [2.24, 2.45) is 0 Å². The summed E-state index contributed by atoms with van der Waals surface area (Å²) >= 11 is 0. The van der Waals surface area contributed by atoms with Gasteiger partial charge >= 0.3 is 0 Å². The first-order valence-electron chi connectivity index (χ1n) is 5.61. The first kappa shape index (κ1) is 10.5. The maximum absolute atomic E-state index is 11.3. The maximum atomic E-state index is 11.3. The Bertz CT molecular complexity index is 569. The van der Waals surface area contributed by atoms with Gasteiger partial charge in [-0.05, 0) is 24.6 Å². The zero-order chi connectivity index (χ0) is 11.9. The second-order valence-corrected chi connectivity index (χ2v) is 4.69. The lowest BCUT2D eigenvalue weighted by Crippen LogP contribution is -2.47. The fourth-order valence-corrected chi connectivity index (χ4v) is 2.38. The van der Waals surface area contributed by atoms with E-state index >= 15 is 0 Å². The average Bonchev–Trinajstić information content (AvgIpc) is 2.69. The summed E-state index contributed by atoms with van der Waals surface area (Å²) in [4.78, 5) is 15.4. The minimum Gasteiger partial charge on any atom is -0.443 e. The van der Waals surface area contributed by atoms with Gasteiger partial charge in [0.15, 0.2) is 12.0 Å². The number of benzene rings is 1. The van der Waals surface area contributed by atoms with E-state index in [1.807, 2.05) is 18.2 Å². The van der Waals surface area contributed by atoms with Crippen molar-refractivity contribution in [3.05, 3.63) is 30.2 Å². The highest BCUT2D eigenvalue weighted by molar-refractivity contribution is 5.78. The Balaban J connectivity index is 2.03. The highest BCUT2D eigenvalue weighted by atomic mass is 16.5. The lowest BCUT2D eigenvalue weighted by molar-refractivity contribution is -0.125. The summed E-state index contributed by atoms with van der Waals surface area (Å²) in [5.74, 6) is 0.186. The summed E-state index contributed by atoms with van der Waals surface area (Å²) in [6, 6.07) is 5.90. The van der Waals surface area contributed by atoms with Crippen LogP contribution in [0.1, 0.15) is 18.9 Å². The number of carbonyl (C=O) groups is 1. The Morgan fingerprint density at radius 3 is 2.94 bits per heavy atom. The molecule has 1 aliphatic heterocycles. The van der Waals surface area contributed by atoms with Gasteiger partial charge in [-0.3, -0.25) is 4.79 Å². The zero-order valence-electron chi connectivity index (χ0n) is 9.60. The van der Waals surface area contributed by atoms with Crippen LogP contribution in [-0.2, 0) is 14.9 Å². The van der Waals surface area contributed by atoms with E-state index in [0.717, 1.165) is 16.7 Å². The third kappa shape index (κ3) is 1.65. The van der Waals surface area contributed by atoms with Crippen molar-refractivity contribution in [1.82, 2.24) is 4.98 Å². The Hall–Kier alpha value is -1.68.